The monoisotopic (exact) mass is 282 g/mol. The third kappa shape index (κ3) is 24.2. The van der Waals surface area contributed by atoms with Crippen LogP contribution in [0.1, 0.15) is 13.8 Å². The number of hydrogen-bond acceptors (Lipinski definition) is 5. The molecule has 0 radical (unpaired) electrons. The van der Waals surface area contributed by atoms with Crippen molar-refractivity contribution in [3.63, 3.8) is 0 Å². The van der Waals surface area contributed by atoms with Crippen molar-refractivity contribution in [2.45, 2.75) is 13.8 Å². The number of nitrogens with two attached hydrogens (primary N) is 1. The average Bonchev–Trinajstić information content (AvgIpc) is 2.21. The van der Waals surface area contributed by atoms with Gasteiger partial charge >= 0.3 is 0 Å². The smallest absolute Gasteiger partial charge is 0.216 e. The molecular formula is C9H22N4O4S. The second-order valence-corrected chi connectivity index (χ2v) is 5.25. The molecule has 0 bridgehead atoms. The fraction of sp³-hybridized carbons (Fsp3) is 0.778. The topological polar surface area (TPSA) is 130 Å². The maximum absolute atomic E-state index is 10.5. The fourth-order valence-corrected chi connectivity index (χ4v) is 1.20. The standard InChI is InChI=1S/C5H12N2O3S.C4H10N2O/c1-5(8)6-3-4-7-11(2,9)10;1-4(7)6-3-2-5/h7H,3-4H2,1-2H3,(H,6,8);2-3,5H2,1H3,(H,6,7). The lowest BCUT2D eigenvalue weighted by Gasteiger charge is -2.01. The first kappa shape index (κ1) is 19.2. The molecule has 0 saturated heterocycles. The van der Waals surface area contributed by atoms with Gasteiger partial charge in [-0.05, 0) is 0 Å². The lowest BCUT2D eigenvalue weighted by molar-refractivity contribution is -0.119. The lowest BCUT2D eigenvalue weighted by Crippen LogP contribution is -2.32. The van der Waals surface area contributed by atoms with E-state index in [1.165, 1.54) is 13.8 Å². The van der Waals surface area contributed by atoms with Gasteiger partial charge in [-0.15, -0.1) is 0 Å². The number of carbonyl (C=O) groups is 2. The first-order valence-electron chi connectivity index (χ1n) is 5.32. The van der Waals surface area contributed by atoms with Crippen LogP contribution in [0.4, 0.5) is 0 Å². The van der Waals surface area contributed by atoms with Crippen molar-refractivity contribution < 1.29 is 18.0 Å². The highest BCUT2D eigenvalue weighted by Crippen LogP contribution is 1.70. The van der Waals surface area contributed by atoms with Crippen molar-refractivity contribution in [1.29, 1.82) is 0 Å². The Morgan fingerprint density at radius 1 is 1.00 bits per heavy atom. The molecule has 0 aromatic heterocycles. The van der Waals surface area contributed by atoms with E-state index >= 15 is 0 Å². The van der Waals surface area contributed by atoms with Gasteiger partial charge in [0.25, 0.3) is 0 Å². The predicted molar refractivity (Wildman–Crippen MR) is 69.3 cm³/mol. The summed E-state index contributed by atoms with van der Waals surface area (Å²) in [5, 5.41) is 4.98. The molecule has 0 saturated carbocycles. The van der Waals surface area contributed by atoms with Crippen LogP contribution in [-0.2, 0) is 19.6 Å². The lowest BCUT2D eigenvalue weighted by atomic mass is 10.6. The average molecular weight is 282 g/mol. The summed E-state index contributed by atoms with van der Waals surface area (Å²) in [6.45, 7) is 4.49. The molecule has 0 rings (SSSR count). The highest BCUT2D eigenvalue weighted by Gasteiger charge is 1.98. The zero-order valence-electron chi connectivity index (χ0n) is 10.9. The number of hydrogen-bond donors (Lipinski definition) is 4. The number of rotatable bonds is 6. The van der Waals surface area contributed by atoms with Crippen molar-refractivity contribution in [2.24, 2.45) is 5.73 Å². The Morgan fingerprint density at radius 2 is 1.44 bits per heavy atom. The largest absolute Gasteiger partial charge is 0.355 e. The Morgan fingerprint density at radius 3 is 1.72 bits per heavy atom. The van der Waals surface area contributed by atoms with Crippen LogP contribution in [0.15, 0.2) is 0 Å². The van der Waals surface area contributed by atoms with Crippen molar-refractivity contribution in [1.82, 2.24) is 15.4 Å². The van der Waals surface area contributed by atoms with Crippen LogP contribution in [0.5, 0.6) is 0 Å². The Kier molecular flexibility index (Phi) is 11.6. The minimum absolute atomic E-state index is 0.0227. The molecule has 0 aliphatic carbocycles. The van der Waals surface area contributed by atoms with E-state index in [4.69, 9.17) is 5.73 Å². The van der Waals surface area contributed by atoms with Crippen LogP contribution < -0.4 is 21.1 Å². The van der Waals surface area contributed by atoms with Crippen LogP contribution in [0.2, 0.25) is 0 Å². The zero-order chi connectivity index (χ0) is 14.6. The molecule has 0 fully saturated rings. The SMILES string of the molecule is CC(=O)NCCN.CC(=O)NCCNS(C)(=O)=O. The van der Waals surface area contributed by atoms with Gasteiger partial charge in [-0.3, -0.25) is 9.59 Å². The minimum atomic E-state index is -3.12. The minimum Gasteiger partial charge on any atom is -0.355 e. The summed E-state index contributed by atoms with van der Waals surface area (Å²) in [7, 11) is -3.12. The summed E-state index contributed by atoms with van der Waals surface area (Å²) in [4.78, 5) is 20.3. The maximum atomic E-state index is 10.5. The van der Waals surface area contributed by atoms with Gasteiger partial charge in [0, 0.05) is 40.0 Å². The molecule has 18 heavy (non-hydrogen) atoms. The zero-order valence-corrected chi connectivity index (χ0v) is 11.8. The van der Waals surface area contributed by atoms with E-state index in [1.54, 1.807) is 0 Å². The van der Waals surface area contributed by atoms with Gasteiger partial charge in [0.15, 0.2) is 0 Å². The number of carbonyl (C=O) groups excluding carboxylic acids is 2. The number of nitrogens with one attached hydrogen (secondary N) is 3. The summed E-state index contributed by atoms with van der Waals surface area (Å²) in [6, 6.07) is 0. The van der Waals surface area contributed by atoms with E-state index in [9.17, 15) is 18.0 Å². The number of sulfonamides is 1. The van der Waals surface area contributed by atoms with Gasteiger partial charge in [-0.2, -0.15) is 0 Å². The third-order valence-corrected chi connectivity index (χ3v) is 2.11. The highest BCUT2D eigenvalue weighted by atomic mass is 32.2. The molecule has 5 N–H and O–H groups in total. The van der Waals surface area contributed by atoms with E-state index < -0.39 is 10.0 Å². The Bertz CT molecular complexity index is 342. The van der Waals surface area contributed by atoms with Crippen LogP contribution in [0.3, 0.4) is 0 Å². The first-order valence-corrected chi connectivity index (χ1v) is 7.21. The van der Waals surface area contributed by atoms with Crippen LogP contribution in [-0.4, -0.2) is 52.7 Å². The molecule has 0 aromatic carbocycles. The van der Waals surface area contributed by atoms with Crippen molar-refractivity contribution in [2.75, 3.05) is 32.4 Å². The highest BCUT2D eigenvalue weighted by molar-refractivity contribution is 7.88. The van der Waals surface area contributed by atoms with Gasteiger partial charge in [0.2, 0.25) is 21.8 Å². The number of amides is 2. The van der Waals surface area contributed by atoms with Crippen molar-refractivity contribution >= 4 is 21.8 Å². The van der Waals surface area contributed by atoms with Gasteiger partial charge in [0.1, 0.15) is 0 Å². The van der Waals surface area contributed by atoms with Gasteiger partial charge in [-0.1, -0.05) is 0 Å². The van der Waals surface area contributed by atoms with Crippen molar-refractivity contribution in [3.05, 3.63) is 0 Å². The summed E-state index contributed by atoms with van der Waals surface area (Å²) < 4.78 is 23.1. The van der Waals surface area contributed by atoms with Gasteiger partial charge in [0.05, 0.1) is 6.26 Å². The molecule has 0 aliphatic rings. The van der Waals surface area contributed by atoms with E-state index in [0.29, 0.717) is 19.6 Å². The first-order chi connectivity index (χ1) is 8.19. The molecule has 0 aromatic rings. The fourth-order valence-electron chi connectivity index (χ4n) is 0.723. The molecule has 0 spiro atoms. The van der Waals surface area contributed by atoms with E-state index in [0.717, 1.165) is 6.26 Å². The second kappa shape index (κ2) is 10.9. The molecule has 0 aliphatic heterocycles. The molecular weight excluding hydrogens is 260 g/mol. The van der Waals surface area contributed by atoms with Gasteiger partial charge in [-0.25, -0.2) is 13.1 Å². The molecule has 2 amide bonds. The van der Waals surface area contributed by atoms with E-state index in [1.807, 2.05) is 0 Å². The Balaban J connectivity index is 0. The summed E-state index contributed by atoms with van der Waals surface area (Å²) in [5.74, 6) is -0.189. The normalized spacial score (nSPS) is 10.0. The predicted octanol–water partition coefficient (Wildman–Crippen LogP) is -2.25. The quantitative estimate of drug-likeness (QED) is 0.409. The third-order valence-electron chi connectivity index (χ3n) is 1.38. The molecule has 8 nitrogen and oxygen atoms in total. The molecule has 0 heterocycles. The molecule has 108 valence electrons. The molecule has 0 unspecified atom stereocenters. The summed E-state index contributed by atoms with van der Waals surface area (Å²) in [6.07, 6.45) is 1.07. The van der Waals surface area contributed by atoms with Crippen LogP contribution >= 0.6 is 0 Å². The maximum Gasteiger partial charge on any atom is 0.216 e. The van der Waals surface area contributed by atoms with Crippen molar-refractivity contribution in [3.8, 4) is 0 Å². The van der Waals surface area contributed by atoms with E-state index in [-0.39, 0.29) is 18.4 Å². The molecule has 0 atom stereocenters. The Labute approximate surface area is 108 Å². The van der Waals surface area contributed by atoms with Crippen LogP contribution in [0, 0.1) is 0 Å². The van der Waals surface area contributed by atoms with E-state index in [2.05, 4.69) is 15.4 Å². The Hall–Kier alpha value is -1.19. The summed E-state index contributed by atoms with van der Waals surface area (Å²) >= 11 is 0. The second-order valence-electron chi connectivity index (χ2n) is 3.42. The van der Waals surface area contributed by atoms with Gasteiger partial charge < -0.3 is 16.4 Å². The summed E-state index contributed by atoms with van der Waals surface area (Å²) in [5.41, 5.74) is 5.06. The molecule has 9 heteroatoms. The van der Waals surface area contributed by atoms with Crippen LogP contribution in [0.25, 0.3) is 0 Å².